The van der Waals surface area contributed by atoms with E-state index in [4.69, 9.17) is 25.8 Å². The van der Waals surface area contributed by atoms with Gasteiger partial charge in [-0.3, -0.25) is 28.6 Å². The predicted molar refractivity (Wildman–Crippen MR) is 151 cm³/mol. The van der Waals surface area contributed by atoms with Crippen molar-refractivity contribution < 1.29 is 51.0 Å². The first-order valence-corrected chi connectivity index (χ1v) is 14.2. The number of amides is 1. The van der Waals surface area contributed by atoms with Crippen LogP contribution in [0.4, 0.5) is 23.2 Å². The Morgan fingerprint density at radius 3 is 2.31 bits per heavy atom. The molecule has 1 aromatic carbocycles. The molecule has 1 aliphatic heterocycles. The van der Waals surface area contributed by atoms with Crippen LogP contribution in [0.3, 0.4) is 0 Å². The maximum absolute atomic E-state index is 15.0. The Bertz CT molecular complexity index is 1680. The zero-order valence-electron chi connectivity index (χ0n) is 24.0. The molecule has 1 aliphatic rings. The van der Waals surface area contributed by atoms with E-state index < -0.39 is 87.8 Å². The monoisotopic (exact) mass is 680 g/mol. The number of carbonyl (C=O) groups is 4. The number of rotatable bonds is 10. The highest BCUT2D eigenvalue weighted by Crippen LogP contribution is 2.36. The number of thioether (sulfide) groups is 1. The Balaban J connectivity index is 2.05. The van der Waals surface area contributed by atoms with E-state index in [9.17, 15) is 46.3 Å². The quantitative estimate of drug-likeness (QED) is 0.208. The number of ether oxygens (including phenoxy) is 3. The molecule has 19 heteroatoms. The van der Waals surface area contributed by atoms with Crippen LogP contribution in [0, 0.1) is 5.82 Å². The van der Waals surface area contributed by atoms with E-state index >= 15 is 0 Å². The van der Waals surface area contributed by atoms with Crippen molar-refractivity contribution in [2.24, 2.45) is 12.0 Å². The largest absolute Gasteiger partial charge is 0.465 e. The highest BCUT2D eigenvalue weighted by molar-refractivity contribution is 8.15. The second kappa shape index (κ2) is 14.3. The maximum atomic E-state index is 15.0. The summed E-state index contributed by atoms with van der Waals surface area (Å²) in [5.74, 6) is -4.69. The Morgan fingerprint density at radius 2 is 1.71 bits per heavy atom. The molecular weight excluding hydrogens is 656 g/mol. The van der Waals surface area contributed by atoms with Crippen molar-refractivity contribution in [1.82, 2.24) is 14.0 Å². The molecule has 2 atom stereocenters. The van der Waals surface area contributed by atoms with Crippen LogP contribution in [-0.2, 0) is 46.6 Å². The van der Waals surface area contributed by atoms with Crippen molar-refractivity contribution in [3.8, 4) is 5.69 Å². The van der Waals surface area contributed by atoms with Gasteiger partial charge in [-0.1, -0.05) is 23.4 Å². The van der Waals surface area contributed by atoms with Crippen molar-refractivity contribution in [3.63, 3.8) is 0 Å². The van der Waals surface area contributed by atoms with Gasteiger partial charge in [-0.2, -0.15) is 13.2 Å². The van der Waals surface area contributed by atoms with Crippen LogP contribution in [0.15, 0.2) is 32.8 Å². The average molecular weight is 681 g/mol. The summed E-state index contributed by atoms with van der Waals surface area (Å²) in [6, 6.07) is 1.54. The minimum atomic E-state index is -5.06. The summed E-state index contributed by atoms with van der Waals surface area (Å²) in [5, 5.41) is -1.86. The predicted octanol–water partition coefficient (Wildman–Crippen LogP) is 2.73. The number of alkyl halides is 3. The first kappa shape index (κ1) is 35.3. The molecule has 2 heterocycles. The number of esters is 3. The lowest BCUT2D eigenvalue weighted by atomic mass is 10.2. The Kier molecular flexibility index (Phi) is 11.2. The Labute approximate surface area is 260 Å². The van der Waals surface area contributed by atoms with Gasteiger partial charge in [0.2, 0.25) is 5.91 Å². The van der Waals surface area contributed by atoms with Gasteiger partial charge in [0, 0.05) is 13.1 Å². The van der Waals surface area contributed by atoms with E-state index in [1.54, 1.807) is 6.92 Å². The third kappa shape index (κ3) is 8.10. The van der Waals surface area contributed by atoms with E-state index in [2.05, 4.69) is 4.99 Å². The van der Waals surface area contributed by atoms with Gasteiger partial charge >= 0.3 is 29.8 Å². The van der Waals surface area contributed by atoms with Crippen LogP contribution in [0.1, 0.15) is 32.9 Å². The number of hydrogen-bond acceptors (Lipinski definition) is 11. The highest BCUT2D eigenvalue weighted by atomic mass is 35.5. The summed E-state index contributed by atoms with van der Waals surface area (Å²) in [6.45, 7) is 3.67. The normalized spacial score (nSPS) is 16.6. The van der Waals surface area contributed by atoms with Crippen molar-refractivity contribution >= 4 is 58.0 Å². The van der Waals surface area contributed by atoms with E-state index in [-0.39, 0.29) is 39.3 Å². The summed E-state index contributed by atoms with van der Waals surface area (Å²) in [6.07, 6.45) is -6.91. The lowest BCUT2D eigenvalue weighted by molar-refractivity contribution is -0.166. The number of halogens is 5. The number of amidine groups is 1. The molecular formula is C26H25ClF4N4O9S. The molecule has 13 nitrogen and oxygen atoms in total. The fourth-order valence-electron chi connectivity index (χ4n) is 3.92. The smallest absolute Gasteiger partial charge is 0.431 e. The number of nitrogens with zero attached hydrogens (tertiary/aromatic N) is 4. The third-order valence-electron chi connectivity index (χ3n) is 5.98. The van der Waals surface area contributed by atoms with Crippen molar-refractivity contribution in [1.29, 1.82) is 0 Å². The summed E-state index contributed by atoms with van der Waals surface area (Å²) < 4.78 is 69.7. The van der Waals surface area contributed by atoms with Gasteiger partial charge in [-0.15, -0.1) is 0 Å². The molecule has 244 valence electrons. The zero-order chi connectivity index (χ0) is 33.8. The number of benzene rings is 1. The van der Waals surface area contributed by atoms with Gasteiger partial charge in [-0.05, 0) is 32.9 Å². The molecule has 1 fully saturated rings. The SMILES string of the molecule is CCOC(=O)CN1C(=O)C(CC(=O)OC(C)C(=O)OCC)SC1=Nc1cc(-n2c(=O)cc(C(F)(F)F)n(C)c2=O)c(F)cc1Cl. The van der Waals surface area contributed by atoms with Crippen LogP contribution < -0.4 is 11.2 Å². The molecule has 0 bridgehead atoms. The summed E-state index contributed by atoms with van der Waals surface area (Å²) in [4.78, 5) is 80.1. The Hall–Kier alpha value is -4.19. The lowest BCUT2D eigenvalue weighted by Crippen LogP contribution is -2.41. The zero-order valence-corrected chi connectivity index (χ0v) is 25.5. The van der Waals surface area contributed by atoms with E-state index in [1.165, 1.54) is 13.8 Å². The van der Waals surface area contributed by atoms with Crippen LogP contribution in [0.5, 0.6) is 0 Å². The molecule has 1 aromatic heterocycles. The molecule has 0 aliphatic carbocycles. The van der Waals surface area contributed by atoms with Gasteiger partial charge < -0.3 is 14.2 Å². The standard InChI is InChI=1S/C26H25ClF4N4O9S/c1-5-42-21(38)11-34-22(39)17(9-20(37)44-12(3)23(40)43-6-2)45-24(34)32-15-8-16(14(28)7-13(15)27)35-19(36)10-18(26(29,30)31)33(4)25(35)41/h7-8,10,12,17H,5-6,9,11H2,1-4H3. The fourth-order valence-corrected chi connectivity index (χ4v) is 5.24. The summed E-state index contributed by atoms with van der Waals surface area (Å²) in [7, 11) is 0.739. The molecule has 2 aromatic rings. The molecule has 0 radical (unpaired) electrons. The molecule has 1 amide bonds. The summed E-state index contributed by atoms with van der Waals surface area (Å²) in [5.41, 5.74) is -5.77. The van der Waals surface area contributed by atoms with Gasteiger partial charge in [-0.25, -0.2) is 23.5 Å². The van der Waals surface area contributed by atoms with Crippen LogP contribution in [0.25, 0.3) is 5.69 Å². The molecule has 2 unspecified atom stereocenters. The maximum Gasteiger partial charge on any atom is 0.431 e. The second-order valence-electron chi connectivity index (χ2n) is 9.12. The van der Waals surface area contributed by atoms with Gasteiger partial charge in [0.1, 0.15) is 23.3 Å². The molecule has 45 heavy (non-hydrogen) atoms. The first-order chi connectivity index (χ1) is 21.0. The Morgan fingerprint density at radius 1 is 1.07 bits per heavy atom. The van der Waals surface area contributed by atoms with E-state index in [1.807, 2.05) is 0 Å². The van der Waals surface area contributed by atoms with E-state index in [0.29, 0.717) is 17.8 Å². The second-order valence-corrected chi connectivity index (χ2v) is 10.7. The third-order valence-corrected chi connectivity index (χ3v) is 7.45. The molecule has 0 spiro atoms. The molecule has 3 rings (SSSR count). The minimum Gasteiger partial charge on any atom is -0.465 e. The minimum absolute atomic E-state index is 0.0357. The fraction of sp³-hybridized carbons (Fsp3) is 0.423. The molecule has 0 N–H and O–H groups in total. The van der Waals surface area contributed by atoms with Gasteiger partial charge in [0.05, 0.1) is 36.0 Å². The van der Waals surface area contributed by atoms with Crippen LogP contribution in [-0.4, -0.2) is 74.1 Å². The van der Waals surface area contributed by atoms with Crippen molar-refractivity contribution in [2.45, 2.75) is 44.7 Å². The number of carbonyl (C=O) groups excluding carboxylic acids is 4. The number of aliphatic imine (C=N–C) groups is 1. The number of aromatic nitrogens is 2. The van der Waals surface area contributed by atoms with Crippen molar-refractivity contribution in [3.05, 3.63) is 55.6 Å². The molecule has 0 saturated carbocycles. The lowest BCUT2D eigenvalue weighted by Gasteiger charge is -2.16. The summed E-state index contributed by atoms with van der Waals surface area (Å²) >= 11 is 6.82. The molecule has 1 saturated heterocycles. The van der Waals surface area contributed by atoms with Gasteiger partial charge in [0.25, 0.3) is 5.56 Å². The topological polar surface area (TPSA) is 156 Å². The van der Waals surface area contributed by atoms with Crippen molar-refractivity contribution in [2.75, 3.05) is 19.8 Å². The van der Waals surface area contributed by atoms with E-state index in [0.717, 1.165) is 18.0 Å². The first-order valence-electron chi connectivity index (χ1n) is 13.0. The highest BCUT2D eigenvalue weighted by Gasteiger charge is 2.41. The van der Waals surface area contributed by atoms with Gasteiger partial charge in [0.15, 0.2) is 11.3 Å². The average Bonchev–Trinajstić information content (AvgIpc) is 3.21. The van der Waals surface area contributed by atoms with Crippen LogP contribution >= 0.6 is 23.4 Å². The van der Waals surface area contributed by atoms with Crippen LogP contribution in [0.2, 0.25) is 5.02 Å². The number of hydrogen-bond donors (Lipinski definition) is 0.